The molecule has 1 aliphatic heterocycles. The molecule has 2 aliphatic rings. The highest BCUT2D eigenvalue weighted by Gasteiger charge is 2.43. The zero-order valence-corrected chi connectivity index (χ0v) is 12.3. The second kappa shape index (κ2) is 6.71. The van der Waals surface area contributed by atoms with Crippen molar-refractivity contribution in [3.05, 3.63) is 0 Å². The molecule has 2 unspecified atom stereocenters. The molecule has 4 nitrogen and oxygen atoms in total. The van der Waals surface area contributed by atoms with E-state index < -0.39 is 0 Å². The average molecular weight is 267 g/mol. The molecule has 2 rings (SSSR count). The number of primary amides is 1. The van der Waals surface area contributed by atoms with Crippen molar-refractivity contribution in [3.8, 4) is 0 Å². The Bertz CT molecular complexity index is 300. The Morgan fingerprint density at radius 1 is 1.26 bits per heavy atom. The maximum absolute atomic E-state index is 12.2. The summed E-state index contributed by atoms with van der Waals surface area (Å²) in [7, 11) is 0. The topological polar surface area (TPSA) is 58.4 Å². The van der Waals surface area contributed by atoms with Gasteiger partial charge in [-0.1, -0.05) is 26.2 Å². The minimum atomic E-state index is -0.365. The molecule has 4 heteroatoms. The lowest BCUT2D eigenvalue weighted by atomic mass is 9.86. The summed E-state index contributed by atoms with van der Waals surface area (Å²) < 4.78 is 0. The lowest BCUT2D eigenvalue weighted by molar-refractivity contribution is -0.131. The second-order valence-corrected chi connectivity index (χ2v) is 6.19. The minimum Gasteiger partial charge on any atom is -0.368 e. The van der Waals surface area contributed by atoms with Crippen LogP contribution in [0.15, 0.2) is 0 Å². The number of rotatable bonds is 3. The second-order valence-electron chi connectivity index (χ2n) is 6.19. The Labute approximate surface area is 117 Å². The molecule has 2 atom stereocenters. The predicted octanol–water partition coefficient (Wildman–Crippen LogP) is 1.50. The van der Waals surface area contributed by atoms with Crippen LogP contribution in [0.25, 0.3) is 0 Å². The highest BCUT2D eigenvalue weighted by molar-refractivity contribution is 5.84. The van der Waals surface area contributed by atoms with Crippen molar-refractivity contribution in [2.75, 3.05) is 26.2 Å². The van der Waals surface area contributed by atoms with Crippen LogP contribution in [-0.2, 0) is 4.79 Å². The molecule has 1 saturated heterocycles. The summed E-state index contributed by atoms with van der Waals surface area (Å²) in [5.41, 5.74) is 5.47. The first-order valence-electron chi connectivity index (χ1n) is 7.94. The molecule has 0 aromatic heterocycles. The van der Waals surface area contributed by atoms with Crippen LogP contribution in [-0.4, -0.2) is 42.5 Å². The van der Waals surface area contributed by atoms with E-state index >= 15 is 0 Å². The van der Waals surface area contributed by atoms with Gasteiger partial charge in [0.1, 0.15) is 5.54 Å². The number of carbonyl (C=O) groups excluding carboxylic acids is 1. The van der Waals surface area contributed by atoms with Crippen LogP contribution >= 0.6 is 0 Å². The van der Waals surface area contributed by atoms with Crippen LogP contribution in [0.1, 0.15) is 51.9 Å². The van der Waals surface area contributed by atoms with Gasteiger partial charge in [0, 0.05) is 19.6 Å². The van der Waals surface area contributed by atoms with Gasteiger partial charge < -0.3 is 11.1 Å². The van der Waals surface area contributed by atoms with Crippen molar-refractivity contribution in [3.63, 3.8) is 0 Å². The van der Waals surface area contributed by atoms with Crippen LogP contribution < -0.4 is 11.1 Å². The maximum Gasteiger partial charge on any atom is 0.237 e. The van der Waals surface area contributed by atoms with Gasteiger partial charge in [0.15, 0.2) is 0 Å². The van der Waals surface area contributed by atoms with Gasteiger partial charge in [-0.25, -0.2) is 0 Å². The van der Waals surface area contributed by atoms with Crippen LogP contribution in [0, 0.1) is 5.92 Å². The number of nitrogens with two attached hydrogens (primary N) is 1. The van der Waals surface area contributed by atoms with Crippen molar-refractivity contribution >= 4 is 5.91 Å². The molecule has 1 heterocycles. The van der Waals surface area contributed by atoms with E-state index in [0.717, 1.165) is 64.2 Å². The van der Waals surface area contributed by atoms with Crippen molar-refractivity contribution in [1.29, 1.82) is 0 Å². The molecule has 0 bridgehead atoms. The monoisotopic (exact) mass is 267 g/mol. The zero-order chi connectivity index (χ0) is 13.7. The standard InChI is InChI=1S/C15H29N3O/c1-2-13-5-3-7-15(8-6-13,14(16)19)18-11-4-9-17-10-12-18/h13,17H,2-12H2,1H3,(H2,16,19). The van der Waals surface area contributed by atoms with Crippen LogP contribution in [0.2, 0.25) is 0 Å². The lowest BCUT2D eigenvalue weighted by Gasteiger charge is -2.40. The van der Waals surface area contributed by atoms with Gasteiger partial charge in [-0.05, 0) is 38.1 Å². The highest BCUT2D eigenvalue weighted by Crippen LogP contribution is 2.36. The molecule has 1 amide bonds. The Morgan fingerprint density at radius 3 is 2.84 bits per heavy atom. The number of amides is 1. The van der Waals surface area contributed by atoms with Gasteiger partial charge in [0.25, 0.3) is 0 Å². The van der Waals surface area contributed by atoms with Crippen molar-refractivity contribution in [2.24, 2.45) is 11.7 Å². The average Bonchev–Trinajstić information content (AvgIpc) is 2.79. The van der Waals surface area contributed by atoms with Gasteiger partial charge in [-0.15, -0.1) is 0 Å². The van der Waals surface area contributed by atoms with Gasteiger partial charge in [-0.2, -0.15) is 0 Å². The van der Waals surface area contributed by atoms with Gasteiger partial charge in [-0.3, -0.25) is 9.69 Å². The molecular weight excluding hydrogens is 238 g/mol. The third-order valence-corrected chi connectivity index (χ3v) is 5.15. The molecule has 1 aliphatic carbocycles. The molecule has 0 spiro atoms. The fourth-order valence-electron chi connectivity index (χ4n) is 3.80. The third-order valence-electron chi connectivity index (χ3n) is 5.15. The van der Waals surface area contributed by atoms with Gasteiger partial charge in [0.05, 0.1) is 0 Å². The molecule has 0 aromatic rings. The largest absolute Gasteiger partial charge is 0.368 e. The van der Waals surface area contributed by atoms with E-state index in [2.05, 4.69) is 17.1 Å². The quantitative estimate of drug-likeness (QED) is 0.762. The van der Waals surface area contributed by atoms with Gasteiger partial charge in [0.2, 0.25) is 5.91 Å². The zero-order valence-electron chi connectivity index (χ0n) is 12.3. The van der Waals surface area contributed by atoms with Crippen LogP contribution in [0.4, 0.5) is 0 Å². The van der Waals surface area contributed by atoms with E-state index in [1.165, 1.54) is 12.8 Å². The normalized spacial score (nSPS) is 34.5. The molecule has 2 fully saturated rings. The Hall–Kier alpha value is -0.610. The van der Waals surface area contributed by atoms with Crippen molar-refractivity contribution in [2.45, 2.75) is 57.4 Å². The molecule has 1 saturated carbocycles. The summed E-state index contributed by atoms with van der Waals surface area (Å²) in [6, 6.07) is 0. The van der Waals surface area contributed by atoms with E-state index in [1.54, 1.807) is 0 Å². The number of hydrogen-bond acceptors (Lipinski definition) is 3. The van der Waals surface area contributed by atoms with E-state index in [-0.39, 0.29) is 11.4 Å². The SMILES string of the molecule is CCC1CCCC(C(N)=O)(N2CCCNCC2)CC1. The lowest BCUT2D eigenvalue weighted by Crippen LogP contribution is -2.58. The Kier molecular flexibility index (Phi) is 5.22. The molecular formula is C15H29N3O. The first kappa shape index (κ1) is 14.8. The Balaban J connectivity index is 2.14. The molecule has 110 valence electrons. The van der Waals surface area contributed by atoms with Crippen molar-refractivity contribution < 1.29 is 4.79 Å². The number of nitrogens with zero attached hydrogens (tertiary/aromatic N) is 1. The molecule has 3 N–H and O–H groups in total. The van der Waals surface area contributed by atoms with Crippen LogP contribution in [0.5, 0.6) is 0 Å². The fourth-order valence-corrected chi connectivity index (χ4v) is 3.80. The van der Waals surface area contributed by atoms with E-state index in [9.17, 15) is 4.79 Å². The number of carbonyl (C=O) groups is 1. The van der Waals surface area contributed by atoms with Gasteiger partial charge >= 0.3 is 0 Å². The summed E-state index contributed by atoms with van der Waals surface area (Å²) in [5.74, 6) is 0.692. The fraction of sp³-hybridized carbons (Fsp3) is 0.933. The Morgan fingerprint density at radius 2 is 2.11 bits per heavy atom. The summed E-state index contributed by atoms with van der Waals surface area (Å²) >= 11 is 0. The number of nitrogens with one attached hydrogen (secondary N) is 1. The molecule has 0 aromatic carbocycles. The van der Waals surface area contributed by atoms with E-state index in [1.807, 2.05) is 0 Å². The smallest absolute Gasteiger partial charge is 0.237 e. The summed E-state index contributed by atoms with van der Waals surface area (Å²) in [6.07, 6.45) is 7.83. The third kappa shape index (κ3) is 3.29. The first-order chi connectivity index (χ1) is 9.19. The highest BCUT2D eigenvalue weighted by atomic mass is 16.1. The maximum atomic E-state index is 12.2. The molecule has 0 radical (unpaired) electrons. The van der Waals surface area contributed by atoms with Crippen LogP contribution in [0.3, 0.4) is 0 Å². The van der Waals surface area contributed by atoms with E-state index in [0.29, 0.717) is 0 Å². The minimum absolute atomic E-state index is 0.0915. The number of hydrogen-bond donors (Lipinski definition) is 2. The van der Waals surface area contributed by atoms with E-state index in [4.69, 9.17) is 5.73 Å². The first-order valence-corrected chi connectivity index (χ1v) is 7.94. The summed E-state index contributed by atoms with van der Waals surface area (Å²) in [5, 5.41) is 3.41. The summed E-state index contributed by atoms with van der Waals surface area (Å²) in [4.78, 5) is 14.6. The predicted molar refractivity (Wildman–Crippen MR) is 77.9 cm³/mol. The summed E-state index contributed by atoms with van der Waals surface area (Å²) in [6.45, 7) is 6.26. The molecule has 19 heavy (non-hydrogen) atoms. The van der Waals surface area contributed by atoms with Crippen molar-refractivity contribution in [1.82, 2.24) is 10.2 Å².